The lowest BCUT2D eigenvalue weighted by molar-refractivity contribution is 0.324. The Morgan fingerprint density at radius 1 is 0.952 bits per heavy atom. The molecule has 0 spiro atoms. The number of hydrogen-bond acceptors (Lipinski definition) is 3. The van der Waals surface area contributed by atoms with Gasteiger partial charge >= 0.3 is 10.4 Å². The predicted molar refractivity (Wildman–Crippen MR) is 101 cm³/mol. The van der Waals surface area contributed by atoms with Gasteiger partial charge in [0.25, 0.3) is 0 Å². The van der Waals surface area contributed by atoms with Crippen molar-refractivity contribution in [3.05, 3.63) is 0 Å². The molecule has 0 aliphatic rings. The highest BCUT2D eigenvalue weighted by Gasteiger charge is 2.22. The summed E-state index contributed by atoms with van der Waals surface area (Å²) in [4.78, 5) is 0. The molecule has 0 aromatic heterocycles. The van der Waals surface area contributed by atoms with Crippen molar-refractivity contribution in [1.29, 1.82) is 0 Å². The van der Waals surface area contributed by atoms with Gasteiger partial charge < -0.3 is 0 Å². The van der Waals surface area contributed by atoms with E-state index in [1.807, 2.05) is 0 Å². The molecule has 2 unspecified atom stereocenters. The molecule has 0 bridgehead atoms. The molecule has 0 heterocycles. The molecule has 0 saturated carbocycles. The Morgan fingerprint density at radius 3 is 1.33 bits per heavy atom. The van der Waals surface area contributed by atoms with Crippen LogP contribution in [-0.2, 0) is 14.6 Å². The van der Waals surface area contributed by atoms with Crippen LogP contribution in [0.4, 0.5) is 0 Å². The minimum absolute atomic E-state index is 0. The van der Waals surface area contributed by atoms with Crippen molar-refractivity contribution in [2.75, 3.05) is 7.11 Å². The Kier molecular flexibility index (Phi) is 19.8. The maximum atomic E-state index is 9.33. The van der Waals surface area contributed by atoms with Gasteiger partial charge in [0.1, 0.15) is 0 Å². The van der Waals surface area contributed by atoms with Crippen LogP contribution in [0.3, 0.4) is 0 Å². The monoisotopic (exact) mass is 362 g/mol. The zero-order chi connectivity index (χ0) is 16.1. The molecule has 2 atom stereocenters. The third-order valence-corrected chi connectivity index (χ3v) is 4.58. The molecular weight excluding hydrogens is 326 g/mol. The molecule has 0 radical (unpaired) electrons. The van der Waals surface area contributed by atoms with Gasteiger partial charge in [-0.15, -0.1) is 9.24 Å². The largest absolute Gasteiger partial charge is 0.397 e. The second-order valence-electron chi connectivity index (χ2n) is 5.27. The van der Waals surface area contributed by atoms with E-state index in [4.69, 9.17) is 4.55 Å². The highest BCUT2D eigenvalue weighted by atomic mass is 32.3. The first kappa shape index (κ1) is 26.6. The molecule has 0 saturated heterocycles. The van der Waals surface area contributed by atoms with E-state index in [-0.39, 0.29) is 9.90 Å². The topological polar surface area (TPSA) is 63.6 Å². The van der Waals surface area contributed by atoms with E-state index >= 15 is 0 Å². The fraction of sp³-hybridized carbons (Fsp3) is 1.00. The van der Waals surface area contributed by atoms with E-state index in [1.165, 1.54) is 57.8 Å². The maximum Gasteiger partial charge on any atom is 0.397 e. The van der Waals surface area contributed by atoms with Crippen LogP contribution in [0.5, 0.6) is 0 Å². The SMILES string of the molecule is CCCCC(P)(CCCC)CCCC.COS(=O)(=O)O.P. The van der Waals surface area contributed by atoms with Crippen LogP contribution in [0.15, 0.2) is 0 Å². The zero-order valence-corrected chi connectivity index (χ0v) is 17.6. The van der Waals surface area contributed by atoms with Gasteiger partial charge in [0.2, 0.25) is 0 Å². The molecule has 1 N–H and O–H groups in total. The Bertz CT molecular complexity index is 286. The van der Waals surface area contributed by atoms with Gasteiger partial charge in [-0.1, -0.05) is 59.3 Å². The summed E-state index contributed by atoms with van der Waals surface area (Å²) in [6, 6.07) is 0. The highest BCUT2D eigenvalue weighted by Crippen LogP contribution is 2.36. The molecule has 0 aliphatic heterocycles. The highest BCUT2D eigenvalue weighted by molar-refractivity contribution is 7.80. The van der Waals surface area contributed by atoms with E-state index in [9.17, 15) is 8.42 Å². The molecule has 0 aromatic rings. The van der Waals surface area contributed by atoms with E-state index in [1.54, 1.807) is 0 Å². The first-order chi connectivity index (χ1) is 9.24. The molecule has 0 rings (SSSR count). The average molecular weight is 362 g/mol. The third-order valence-electron chi connectivity index (χ3n) is 3.30. The molecule has 0 amide bonds. The van der Waals surface area contributed by atoms with Crippen molar-refractivity contribution in [2.45, 2.75) is 83.7 Å². The first-order valence-electron chi connectivity index (χ1n) is 7.56. The minimum atomic E-state index is -4.16. The first-order valence-corrected chi connectivity index (χ1v) is 9.50. The smallest absolute Gasteiger partial charge is 0.264 e. The summed E-state index contributed by atoms with van der Waals surface area (Å²) in [6.45, 7) is 6.89. The molecular formula is C14H36O4P2S. The van der Waals surface area contributed by atoms with Crippen LogP contribution >= 0.6 is 19.1 Å². The van der Waals surface area contributed by atoms with Crippen LogP contribution in [0.1, 0.15) is 78.6 Å². The Labute approximate surface area is 138 Å². The molecule has 0 aliphatic carbocycles. The molecule has 7 heteroatoms. The molecule has 0 fully saturated rings. The normalized spacial score (nSPS) is 11.3. The van der Waals surface area contributed by atoms with Crippen molar-refractivity contribution >= 4 is 29.5 Å². The van der Waals surface area contributed by atoms with Gasteiger partial charge in [0, 0.05) is 0 Å². The number of rotatable bonds is 10. The van der Waals surface area contributed by atoms with E-state index in [0.717, 1.165) is 7.11 Å². The van der Waals surface area contributed by atoms with Gasteiger partial charge in [-0.2, -0.15) is 18.3 Å². The van der Waals surface area contributed by atoms with Crippen molar-refractivity contribution in [3.8, 4) is 0 Å². The zero-order valence-electron chi connectivity index (χ0n) is 14.2. The summed E-state index contributed by atoms with van der Waals surface area (Å²) in [7, 11) is -0.126. The molecule has 0 aromatic carbocycles. The quantitative estimate of drug-likeness (QED) is 0.453. The summed E-state index contributed by atoms with van der Waals surface area (Å²) in [6.07, 6.45) is 12.5. The maximum absolute atomic E-state index is 9.33. The van der Waals surface area contributed by atoms with Gasteiger partial charge in [-0.25, -0.2) is 0 Å². The Morgan fingerprint density at radius 2 is 1.19 bits per heavy atom. The van der Waals surface area contributed by atoms with Crippen molar-refractivity contribution < 1.29 is 17.2 Å². The number of hydrogen-bond donors (Lipinski definition) is 1. The van der Waals surface area contributed by atoms with E-state index in [0.29, 0.717) is 5.16 Å². The van der Waals surface area contributed by atoms with E-state index in [2.05, 4.69) is 34.2 Å². The lowest BCUT2D eigenvalue weighted by atomic mass is 9.90. The Balaban J connectivity index is -0.000000394. The second-order valence-corrected chi connectivity index (χ2v) is 7.68. The molecule has 132 valence electrons. The molecule has 21 heavy (non-hydrogen) atoms. The molecule has 4 nitrogen and oxygen atoms in total. The van der Waals surface area contributed by atoms with Crippen LogP contribution < -0.4 is 0 Å². The standard InChI is InChI=1S/C13H29P.CH4O4S.H3P/c1-4-7-10-13(14,11-8-5-2)12-9-6-3;1-5-6(2,3)4;/h4-12,14H2,1-3H3;1H3,(H,2,3,4);1H3. The average Bonchev–Trinajstić information content (AvgIpc) is 2.41. The van der Waals surface area contributed by atoms with Crippen molar-refractivity contribution in [2.24, 2.45) is 0 Å². The lowest BCUT2D eigenvalue weighted by Crippen LogP contribution is -2.20. The summed E-state index contributed by atoms with van der Waals surface area (Å²) in [5, 5.41) is 0.571. The fourth-order valence-corrected chi connectivity index (χ4v) is 2.57. The summed E-state index contributed by atoms with van der Waals surface area (Å²) in [5.74, 6) is 0. The third kappa shape index (κ3) is 20.7. The van der Waals surface area contributed by atoms with E-state index < -0.39 is 10.4 Å². The van der Waals surface area contributed by atoms with Crippen molar-refractivity contribution in [3.63, 3.8) is 0 Å². The van der Waals surface area contributed by atoms with Gasteiger partial charge in [0.15, 0.2) is 0 Å². The number of unbranched alkanes of at least 4 members (excludes halogenated alkanes) is 3. The van der Waals surface area contributed by atoms with Crippen LogP contribution in [-0.4, -0.2) is 25.2 Å². The van der Waals surface area contributed by atoms with Gasteiger partial charge in [-0.05, 0) is 24.4 Å². The second kappa shape index (κ2) is 15.6. The Hall–Kier alpha value is 0.730. The lowest BCUT2D eigenvalue weighted by Gasteiger charge is -2.29. The summed E-state index contributed by atoms with van der Waals surface area (Å²) in [5.41, 5.74) is 0. The van der Waals surface area contributed by atoms with Crippen molar-refractivity contribution in [1.82, 2.24) is 0 Å². The summed E-state index contributed by atoms with van der Waals surface area (Å²) >= 11 is 0. The van der Waals surface area contributed by atoms with Crippen LogP contribution in [0.2, 0.25) is 0 Å². The van der Waals surface area contributed by atoms with Gasteiger partial charge in [-0.3, -0.25) is 8.74 Å². The van der Waals surface area contributed by atoms with Gasteiger partial charge in [0.05, 0.1) is 7.11 Å². The van der Waals surface area contributed by atoms with Crippen LogP contribution in [0, 0.1) is 0 Å². The van der Waals surface area contributed by atoms with Crippen LogP contribution in [0.25, 0.3) is 0 Å². The minimum Gasteiger partial charge on any atom is -0.264 e. The predicted octanol–water partition coefficient (Wildman–Crippen LogP) is 4.66. The summed E-state index contributed by atoms with van der Waals surface area (Å²) < 4.78 is 29.7. The fourth-order valence-electron chi connectivity index (χ4n) is 1.96.